The van der Waals surface area contributed by atoms with E-state index in [0.717, 1.165) is 19.4 Å². The van der Waals surface area contributed by atoms with E-state index in [1.807, 2.05) is 6.08 Å². The van der Waals surface area contributed by atoms with Crippen molar-refractivity contribution in [2.24, 2.45) is 5.41 Å². The number of likely N-dealkylation sites (N-methyl/N-ethyl adjacent to an activating group) is 1. The van der Waals surface area contributed by atoms with E-state index in [-0.39, 0.29) is 11.5 Å². The number of hydrogen-bond acceptors (Lipinski definition) is 2. The summed E-state index contributed by atoms with van der Waals surface area (Å²) in [4.78, 5) is 0. The molecule has 0 aliphatic carbocycles. The predicted molar refractivity (Wildman–Crippen MR) is 67.1 cm³/mol. The lowest BCUT2D eigenvalue weighted by Gasteiger charge is -2.36. The summed E-state index contributed by atoms with van der Waals surface area (Å²) in [6.45, 7) is 13.6. The second kappa shape index (κ2) is 7.02. The molecule has 15 heavy (non-hydrogen) atoms. The molecule has 0 aliphatic heterocycles. The lowest BCUT2D eigenvalue weighted by atomic mass is 9.83. The highest BCUT2D eigenvalue weighted by molar-refractivity contribution is 4.87. The monoisotopic (exact) mass is 213 g/mol. The molecule has 0 aliphatic rings. The Morgan fingerprint density at radius 2 is 2.00 bits per heavy atom. The zero-order valence-corrected chi connectivity index (χ0v) is 11.0. The number of methoxy groups -OCH3 is 1. The molecule has 2 atom stereocenters. The van der Waals surface area contributed by atoms with Crippen LogP contribution < -0.4 is 5.32 Å². The fourth-order valence-corrected chi connectivity index (χ4v) is 2.04. The first-order chi connectivity index (χ1) is 6.97. The van der Waals surface area contributed by atoms with E-state index in [2.05, 4.69) is 39.6 Å². The van der Waals surface area contributed by atoms with Gasteiger partial charge in [0.1, 0.15) is 0 Å². The standard InChI is InChI=1S/C13H27NO/c1-7-9-10-11(14-8-2)12(15-6)13(3,4)5/h7,11-12,14H,1,8-10H2,2-6H3. The van der Waals surface area contributed by atoms with Crippen LogP contribution in [0.15, 0.2) is 12.7 Å². The minimum Gasteiger partial charge on any atom is -0.379 e. The average molecular weight is 213 g/mol. The molecule has 2 heteroatoms. The van der Waals surface area contributed by atoms with Crippen molar-refractivity contribution in [1.29, 1.82) is 0 Å². The molecule has 0 fully saturated rings. The Bertz CT molecular complexity index is 172. The quantitative estimate of drug-likeness (QED) is 0.656. The molecule has 2 unspecified atom stereocenters. The molecule has 2 nitrogen and oxygen atoms in total. The van der Waals surface area contributed by atoms with Crippen LogP contribution in [0.4, 0.5) is 0 Å². The van der Waals surface area contributed by atoms with Crippen molar-refractivity contribution >= 4 is 0 Å². The van der Waals surface area contributed by atoms with Gasteiger partial charge in [0.15, 0.2) is 0 Å². The average Bonchev–Trinajstić information content (AvgIpc) is 2.13. The fraction of sp³-hybridized carbons (Fsp3) is 0.846. The first-order valence-electron chi connectivity index (χ1n) is 5.84. The van der Waals surface area contributed by atoms with Gasteiger partial charge in [0, 0.05) is 13.2 Å². The summed E-state index contributed by atoms with van der Waals surface area (Å²) in [5.41, 5.74) is 0.169. The van der Waals surface area contributed by atoms with Gasteiger partial charge in [-0.05, 0) is 24.8 Å². The van der Waals surface area contributed by atoms with E-state index in [9.17, 15) is 0 Å². The van der Waals surface area contributed by atoms with Gasteiger partial charge in [-0.25, -0.2) is 0 Å². The third-order valence-electron chi connectivity index (χ3n) is 2.62. The van der Waals surface area contributed by atoms with Gasteiger partial charge in [0.05, 0.1) is 6.10 Å². The molecule has 0 aromatic heterocycles. The molecule has 0 bridgehead atoms. The van der Waals surface area contributed by atoms with Crippen LogP contribution in [-0.2, 0) is 4.74 Å². The molecule has 0 saturated heterocycles. The van der Waals surface area contributed by atoms with E-state index in [4.69, 9.17) is 4.74 Å². The minimum absolute atomic E-state index is 0.169. The van der Waals surface area contributed by atoms with Crippen LogP contribution in [0.3, 0.4) is 0 Å². The number of hydrogen-bond donors (Lipinski definition) is 1. The summed E-state index contributed by atoms with van der Waals surface area (Å²) >= 11 is 0. The number of allylic oxidation sites excluding steroid dienone is 1. The minimum atomic E-state index is 0.169. The smallest absolute Gasteiger partial charge is 0.0772 e. The van der Waals surface area contributed by atoms with Crippen molar-refractivity contribution in [2.45, 2.75) is 52.7 Å². The van der Waals surface area contributed by atoms with Crippen molar-refractivity contribution in [2.75, 3.05) is 13.7 Å². The topological polar surface area (TPSA) is 21.3 Å². The molecule has 0 aromatic rings. The molecule has 0 aromatic carbocycles. The molecule has 90 valence electrons. The maximum atomic E-state index is 5.63. The number of rotatable bonds is 7. The highest BCUT2D eigenvalue weighted by Gasteiger charge is 2.31. The molecule has 0 heterocycles. The predicted octanol–water partition coefficient (Wildman–Crippen LogP) is 2.99. The van der Waals surface area contributed by atoms with Gasteiger partial charge in [-0.1, -0.05) is 33.8 Å². The van der Waals surface area contributed by atoms with Gasteiger partial charge < -0.3 is 10.1 Å². The van der Waals surface area contributed by atoms with E-state index in [0.29, 0.717) is 6.04 Å². The molecular formula is C13H27NO. The Kier molecular flexibility index (Phi) is 6.86. The summed E-state index contributed by atoms with van der Waals surface area (Å²) in [6, 6.07) is 0.415. The van der Waals surface area contributed by atoms with Gasteiger partial charge in [-0.15, -0.1) is 6.58 Å². The van der Waals surface area contributed by atoms with Gasteiger partial charge in [0.2, 0.25) is 0 Å². The Morgan fingerprint density at radius 1 is 1.40 bits per heavy atom. The van der Waals surface area contributed by atoms with Crippen LogP contribution in [0, 0.1) is 5.41 Å². The molecular weight excluding hydrogens is 186 g/mol. The fourth-order valence-electron chi connectivity index (χ4n) is 2.04. The summed E-state index contributed by atoms with van der Waals surface area (Å²) in [5.74, 6) is 0. The van der Waals surface area contributed by atoms with Crippen molar-refractivity contribution in [3.63, 3.8) is 0 Å². The summed E-state index contributed by atoms with van der Waals surface area (Å²) in [7, 11) is 1.80. The third-order valence-corrected chi connectivity index (χ3v) is 2.62. The van der Waals surface area contributed by atoms with Crippen molar-refractivity contribution in [3.8, 4) is 0 Å². The second-order valence-corrected chi connectivity index (χ2v) is 5.05. The van der Waals surface area contributed by atoms with Gasteiger partial charge in [-0.3, -0.25) is 0 Å². The van der Waals surface area contributed by atoms with Gasteiger partial charge >= 0.3 is 0 Å². The molecule has 0 saturated carbocycles. The van der Waals surface area contributed by atoms with E-state index >= 15 is 0 Å². The highest BCUT2D eigenvalue weighted by atomic mass is 16.5. The van der Waals surface area contributed by atoms with Crippen molar-refractivity contribution < 1.29 is 4.74 Å². The molecule has 0 amide bonds. The second-order valence-electron chi connectivity index (χ2n) is 5.05. The summed E-state index contributed by atoms with van der Waals surface area (Å²) < 4.78 is 5.63. The zero-order chi connectivity index (χ0) is 11.9. The maximum absolute atomic E-state index is 5.63. The van der Waals surface area contributed by atoms with Crippen molar-refractivity contribution in [1.82, 2.24) is 5.32 Å². The SMILES string of the molecule is C=CCCC(NCC)C(OC)C(C)(C)C. The zero-order valence-electron chi connectivity index (χ0n) is 11.0. The highest BCUT2D eigenvalue weighted by Crippen LogP contribution is 2.26. The van der Waals surface area contributed by atoms with Crippen LogP contribution in [0.25, 0.3) is 0 Å². The number of ether oxygens (including phenoxy) is 1. The van der Waals surface area contributed by atoms with Gasteiger partial charge in [-0.2, -0.15) is 0 Å². The normalized spacial score (nSPS) is 16.1. The van der Waals surface area contributed by atoms with E-state index < -0.39 is 0 Å². The Labute approximate surface area is 95.1 Å². The molecule has 1 N–H and O–H groups in total. The lowest BCUT2D eigenvalue weighted by molar-refractivity contribution is -0.0125. The largest absolute Gasteiger partial charge is 0.379 e. The first-order valence-corrected chi connectivity index (χ1v) is 5.84. The Hall–Kier alpha value is -0.340. The van der Waals surface area contributed by atoms with Crippen LogP contribution in [-0.4, -0.2) is 25.8 Å². The van der Waals surface area contributed by atoms with Crippen LogP contribution in [0.5, 0.6) is 0 Å². The van der Waals surface area contributed by atoms with E-state index in [1.165, 1.54) is 0 Å². The molecule has 0 spiro atoms. The Morgan fingerprint density at radius 3 is 2.33 bits per heavy atom. The third kappa shape index (κ3) is 5.33. The van der Waals surface area contributed by atoms with Crippen LogP contribution in [0.2, 0.25) is 0 Å². The van der Waals surface area contributed by atoms with Gasteiger partial charge in [0.25, 0.3) is 0 Å². The summed E-state index contributed by atoms with van der Waals surface area (Å²) in [5, 5.41) is 3.50. The Balaban J connectivity index is 4.46. The van der Waals surface area contributed by atoms with E-state index in [1.54, 1.807) is 7.11 Å². The molecule has 0 radical (unpaired) electrons. The van der Waals surface area contributed by atoms with Crippen LogP contribution >= 0.6 is 0 Å². The lowest BCUT2D eigenvalue weighted by Crippen LogP contribution is -2.47. The van der Waals surface area contributed by atoms with Crippen molar-refractivity contribution in [3.05, 3.63) is 12.7 Å². The number of nitrogens with one attached hydrogen (secondary N) is 1. The molecule has 0 rings (SSSR count). The summed E-state index contributed by atoms with van der Waals surface area (Å²) in [6.07, 6.45) is 4.35. The maximum Gasteiger partial charge on any atom is 0.0772 e. The van der Waals surface area contributed by atoms with Crippen LogP contribution in [0.1, 0.15) is 40.5 Å². The first kappa shape index (κ1) is 14.7.